The lowest BCUT2D eigenvalue weighted by atomic mass is 10.5. The molecule has 0 bridgehead atoms. The summed E-state index contributed by atoms with van der Waals surface area (Å²) in [6.07, 6.45) is 0. The largest absolute Gasteiger partial charge is 0.329 e. The van der Waals surface area contributed by atoms with E-state index in [1.165, 1.54) is 0 Å². The molecular formula is C3H7Cl2N. The van der Waals surface area contributed by atoms with E-state index >= 15 is 0 Å². The Balaban J connectivity index is 2.75. The molecule has 0 radical (unpaired) electrons. The molecule has 0 saturated heterocycles. The molecule has 0 rings (SSSR count). The molecule has 0 aromatic rings. The first kappa shape index (κ1) is 6.54. The van der Waals surface area contributed by atoms with Crippen molar-refractivity contribution in [1.82, 2.24) is 0 Å². The number of nitrogens with two attached hydrogens (primary N) is 1. The van der Waals surface area contributed by atoms with Crippen LogP contribution in [0.2, 0.25) is 0 Å². The second kappa shape index (κ2) is 3.72. The van der Waals surface area contributed by atoms with Crippen LogP contribution in [-0.2, 0) is 0 Å². The van der Waals surface area contributed by atoms with Crippen molar-refractivity contribution in [3.63, 3.8) is 0 Å². The molecular weight excluding hydrogens is 121 g/mol. The summed E-state index contributed by atoms with van der Waals surface area (Å²) < 4.78 is 0. The van der Waals surface area contributed by atoms with Crippen LogP contribution in [0, 0.1) is 0 Å². The number of halogens is 2. The number of rotatable bonds is 2. The van der Waals surface area contributed by atoms with Crippen LogP contribution in [0.3, 0.4) is 0 Å². The zero-order valence-corrected chi connectivity index (χ0v) is 4.84. The second-order valence-corrected chi connectivity index (χ2v) is 1.91. The maximum absolute atomic E-state index is 5.39. The molecule has 2 N–H and O–H groups in total. The summed E-state index contributed by atoms with van der Waals surface area (Å²) in [4.78, 5) is 0. The van der Waals surface area contributed by atoms with Crippen molar-refractivity contribution in [2.75, 3.05) is 12.4 Å². The lowest BCUT2D eigenvalue weighted by Crippen LogP contribution is -2.14. The van der Waals surface area contributed by atoms with Gasteiger partial charge in [0.25, 0.3) is 0 Å². The quantitative estimate of drug-likeness (QED) is 0.546. The molecule has 3 heteroatoms. The van der Waals surface area contributed by atoms with Crippen LogP contribution in [0.4, 0.5) is 0 Å². The van der Waals surface area contributed by atoms with Crippen molar-refractivity contribution >= 4 is 23.2 Å². The van der Waals surface area contributed by atoms with Crippen molar-refractivity contribution in [1.29, 1.82) is 0 Å². The van der Waals surface area contributed by atoms with Gasteiger partial charge in [0.05, 0.1) is 5.38 Å². The molecule has 0 aromatic heterocycles. The first-order valence-electron chi connectivity index (χ1n) is 1.71. The van der Waals surface area contributed by atoms with Crippen LogP contribution in [0.5, 0.6) is 0 Å². The molecule has 0 spiro atoms. The van der Waals surface area contributed by atoms with Gasteiger partial charge in [-0.15, -0.1) is 23.2 Å². The van der Waals surface area contributed by atoms with Crippen LogP contribution >= 0.6 is 23.2 Å². The molecule has 0 aromatic carbocycles. The lowest BCUT2D eigenvalue weighted by molar-refractivity contribution is 0.948. The Morgan fingerprint density at radius 1 is 1.67 bits per heavy atom. The summed E-state index contributed by atoms with van der Waals surface area (Å²) in [6.45, 7) is 0.463. The van der Waals surface area contributed by atoms with Gasteiger partial charge in [-0.3, -0.25) is 0 Å². The van der Waals surface area contributed by atoms with Gasteiger partial charge in [-0.2, -0.15) is 0 Å². The van der Waals surface area contributed by atoms with E-state index in [0.717, 1.165) is 0 Å². The van der Waals surface area contributed by atoms with E-state index in [0.29, 0.717) is 12.4 Å². The van der Waals surface area contributed by atoms with Gasteiger partial charge in [-0.25, -0.2) is 0 Å². The SMILES string of the molecule is NCC(Cl)CCl. The van der Waals surface area contributed by atoms with E-state index < -0.39 is 0 Å². The number of hydrogen-bond donors (Lipinski definition) is 1. The molecule has 0 fully saturated rings. The molecule has 1 atom stereocenters. The van der Waals surface area contributed by atoms with Gasteiger partial charge in [0.1, 0.15) is 0 Å². The van der Waals surface area contributed by atoms with E-state index in [1.807, 2.05) is 0 Å². The fourth-order valence-electron chi connectivity index (χ4n) is 0.0630. The summed E-state index contributed by atoms with van der Waals surface area (Å²) in [5.41, 5.74) is 5.07. The maximum atomic E-state index is 5.39. The average Bonchev–Trinajstić information content (AvgIpc) is 1.65. The predicted octanol–water partition coefficient (Wildman–Crippen LogP) is 0.791. The van der Waals surface area contributed by atoms with Crippen molar-refractivity contribution in [2.45, 2.75) is 5.38 Å². The van der Waals surface area contributed by atoms with Gasteiger partial charge < -0.3 is 5.73 Å². The molecule has 38 valence electrons. The molecule has 0 heterocycles. The highest BCUT2D eigenvalue weighted by Crippen LogP contribution is 1.93. The Morgan fingerprint density at radius 2 is 2.17 bits per heavy atom. The summed E-state index contributed by atoms with van der Waals surface area (Å²) in [7, 11) is 0. The Hall–Kier alpha value is 0.540. The van der Waals surface area contributed by atoms with E-state index in [9.17, 15) is 0 Å². The summed E-state index contributed by atoms with van der Waals surface area (Å²) >= 11 is 10.6. The average molecular weight is 128 g/mol. The zero-order valence-electron chi connectivity index (χ0n) is 3.32. The van der Waals surface area contributed by atoms with Gasteiger partial charge in [0.15, 0.2) is 0 Å². The van der Waals surface area contributed by atoms with E-state index in [2.05, 4.69) is 0 Å². The van der Waals surface area contributed by atoms with Crippen LogP contribution < -0.4 is 5.73 Å². The fourth-order valence-corrected chi connectivity index (χ4v) is 0.189. The fraction of sp³-hybridized carbons (Fsp3) is 1.00. The Morgan fingerprint density at radius 3 is 2.17 bits per heavy atom. The smallest absolute Gasteiger partial charge is 0.0593 e. The van der Waals surface area contributed by atoms with Gasteiger partial charge in [0.2, 0.25) is 0 Å². The normalized spacial score (nSPS) is 14.5. The van der Waals surface area contributed by atoms with Crippen LogP contribution in [-0.4, -0.2) is 17.8 Å². The van der Waals surface area contributed by atoms with Crippen LogP contribution in [0.1, 0.15) is 0 Å². The van der Waals surface area contributed by atoms with E-state index in [1.54, 1.807) is 0 Å². The Bertz CT molecular complexity index is 28.0. The molecule has 0 amide bonds. The van der Waals surface area contributed by atoms with E-state index in [-0.39, 0.29) is 5.38 Å². The second-order valence-electron chi connectivity index (χ2n) is 0.987. The van der Waals surface area contributed by atoms with Crippen molar-refractivity contribution in [2.24, 2.45) is 5.73 Å². The third-order valence-corrected chi connectivity index (χ3v) is 1.29. The number of hydrogen-bond acceptors (Lipinski definition) is 1. The monoisotopic (exact) mass is 127 g/mol. The maximum Gasteiger partial charge on any atom is 0.0593 e. The first-order chi connectivity index (χ1) is 2.81. The minimum absolute atomic E-state index is 0.0494. The van der Waals surface area contributed by atoms with E-state index in [4.69, 9.17) is 28.9 Å². The highest BCUT2D eigenvalue weighted by atomic mass is 35.5. The highest BCUT2D eigenvalue weighted by Gasteiger charge is 1.93. The third kappa shape index (κ3) is 2.76. The third-order valence-electron chi connectivity index (χ3n) is 0.423. The van der Waals surface area contributed by atoms with Crippen molar-refractivity contribution in [3.05, 3.63) is 0 Å². The zero-order chi connectivity index (χ0) is 4.99. The topological polar surface area (TPSA) is 26.0 Å². The Kier molecular flexibility index (Phi) is 4.06. The van der Waals surface area contributed by atoms with Gasteiger partial charge in [0, 0.05) is 12.4 Å². The summed E-state index contributed by atoms with van der Waals surface area (Å²) in [6, 6.07) is 0. The van der Waals surface area contributed by atoms with Gasteiger partial charge in [-0.05, 0) is 0 Å². The molecule has 0 aliphatic heterocycles. The summed E-state index contributed by atoms with van der Waals surface area (Å²) in [5.74, 6) is 0.443. The van der Waals surface area contributed by atoms with Crippen LogP contribution in [0.25, 0.3) is 0 Å². The minimum atomic E-state index is -0.0494. The molecule has 0 saturated carbocycles. The van der Waals surface area contributed by atoms with Crippen molar-refractivity contribution < 1.29 is 0 Å². The highest BCUT2D eigenvalue weighted by molar-refractivity contribution is 6.28. The molecule has 1 nitrogen and oxygen atoms in total. The molecule has 1 unspecified atom stereocenters. The minimum Gasteiger partial charge on any atom is -0.329 e. The predicted molar refractivity (Wildman–Crippen MR) is 29.4 cm³/mol. The standard InChI is InChI=1S/C3H7Cl2N/c4-1-3(5)2-6/h3H,1-2,6H2. The Labute approximate surface area is 47.4 Å². The lowest BCUT2D eigenvalue weighted by Gasteiger charge is -1.94. The van der Waals surface area contributed by atoms with Gasteiger partial charge >= 0.3 is 0 Å². The molecule has 6 heavy (non-hydrogen) atoms. The molecule has 0 aliphatic rings. The van der Waals surface area contributed by atoms with Crippen LogP contribution in [0.15, 0.2) is 0 Å². The van der Waals surface area contributed by atoms with Gasteiger partial charge in [-0.1, -0.05) is 0 Å². The number of alkyl halides is 2. The van der Waals surface area contributed by atoms with Crippen molar-refractivity contribution in [3.8, 4) is 0 Å². The molecule has 0 aliphatic carbocycles. The summed E-state index contributed by atoms with van der Waals surface area (Å²) in [5, 5.41) is -0.0494. The first-order valence-corrected chi connectivity index (χ1v) is 2.68.